The van der Waals surface area contributed by atoms with Crippen LogP contribution in [-0.2, 0) is 11.5 Å². The minimum Gasteiger partial charge on any atom is -0.361 e. The zero-order valence-electron chi connectivity index (χ0n) is 16.4. The lowest BCUT2D eigenvalue weighted by molar-refractivity contribution is 0.0899. The third-order valence-corrected chi connectivity index (χ3v) is 6.20. The molecule has 0 spiro atoms. The lowest BCUT2D eigenvalue weighted by Crippen LogP contribution is -2.22. The fourth-order valence-electron chi connectivity index (χ4n) is 2.81. The fraction of sp³-hybridized carbons (Fsp3) is 0.474. The number of hydrogen-bond donors (Lipinski definition) is 0. The molecule has 0 radical (unpaired) electrons. The summed E-state index contributed by atoms with van der Waals surface area (Å²) in [5.74, 6) is 0. The molecule has 0 aliphatic carbocycles. The first-order chi connectivity index (χ1) is 12.9. The SMILES string of the molecule is CC(CC#N)n1cc(-c2ncnc3c2ccn3COCC[Si](C)(C)C)cn1. The largest absolute Gasteiger partial charge is 0.361 e. The normalized spacial score (nSPS) is 13.0. The van der Waals surface area contributed by atoms with Gasteiger partial charge in [0.1, 0.15) is 18.7 Å². The van der Waals surface area contributed by atoms with Crippen LogP contribution in [0.1, 0.15) is 19.4 Å². The van der Waals surface area contributed by atoms with Crippen molar-refractivity contribution in [3.05, 3.63) is 31.0 Å². The Morgan fingerprint density at radius 3 is 2.85 bits per heavy atom. The van der Waals surface area contributed by atoms with E-state index in [1.165, 1.54) is 0 Å². The number of rotatable bonds is 8. The highest BCUT2D eigenvalue weighted by atomic mass is 28.3. The van der Waals surface area contributed by atoms with Crippen molar-refractivity contribution >= 4 is 19.1 Å². The van der Waals surface area contributed by atoms with Gasteiger partial charge in [-0.05, 0) is 19.0 Å². The Labute approximate surface area is 160 Å². The maximum Gasteiger partial charge on any atom is 0.145 e. The lowest BCUT2D eigenvalue weighted by atomic mass is 10.2. The number of nitriles is 1. The number of fused-ring (bicyclic) bond motifs is 1. The van der Waals surface area contributed by atoms with Gasteiger partial charge in [0.15, 0.2) is 0 Å². The van der Waals surface area contributed by atoms with E-state index in [9.17, 15) is 0 Å². The second-order valence-corrected chi connectivity index (χ2v) is 13.6. The van der Waals surface area contributed by atoms with Crippen molar-refractivity contribution in [2.45, 2.75) is 51.8 Å². The molecule has 3 rings (SSSR count). The molecule has 3 aromatic heterocycles. The molecular weight excluding hydrogens is 356 g/mol. The minimum atomic E-state index is -1.09. The highest BCUT2D eigenvalue weighted by Crippen LogP contribution is 2.26. The summed E-state index contributed by atoms with van der Waals surface area (Å²) < 4.78 is 9.68. The van der Waals surface area contributed by atoms with Gasteiger partial charge in [-0.3, -0.25) is 4.68 Å². The molecule has 0 aliphatic heterocycles. The molecule has 7 nitrogen and oxygen atoms in total. The summed E-state index contributed by atoms with van der Waals surface area (Å²) in [6.45, 7) is 10.3. The summed E-state index contributed by atoms with van der Waals surface area (Å²) >= 11 is 0. The van der Waals surface area contributed by atoms with E-state index in [4.69, 9.17) is 10.00 Å². The molecule has 0 N–H and O–H groups in total. The van der Waals surface area contributed by atoms with Crippen LogP contribution in [0, 0.1) is 11.3 Å². The fourth-order valence-corrected chi connectivity index (χ4v) is 3.56. The second kappa shape index (κ2) is 8.02. The third kappa shape index (κ3) is 4.62. The van der Waals surface area contributed by atoms with Gasteiger partial charge in [0.2, 0.25) is 0 Å². The summed E-state index contributed by atoms with van der Waals surface area (Å²) in [7, 11) is -1.09. The highest BCUT2D eigenvalue weighted by molar-refractivity contribution is 6.76. The van der Waals surface area contributed by atoms with Gasteiger partial charge in [0.05, 0.1) is 30.4 Å². The van der Waals surface area contributed by atoms with Crippen molar-refractivity contribution in [2.24, 2.45) is 0 Å². The van der Waals surface area contributed by atoms with E-state index in [2.05, 4.69) is 40.8 Å². The molecule has 0 aromatic carbocycles. The van der Waals surface area contributed by atoms with E-state index in [-0.39, 0.29) is 6.04 Å². The first kappa shape index (κ1) is 19.3. The van der Waals surface area contributed by atoms with Crippen molar-refractivity contribution in [1.29, 1.82) is 5.26 Å². The monoisotopic (exact) mass is 382 g/mol. The van der Waals surface area contributed by atoms with Gasteiger partial charge in [-0.2, -0.15) is 10.4 Å². The van der Waals surface area contributed by atoms with Gasteiger partial charge < -0.3 is 9.30 Å². The summed E-state index contributed by atoms with van der Waals surface area (Å²) in [4.78, 5) is 8.90. The Bertz CT molecular complexity index is 949. The second-order valence-electron chi connectivity index (χ2n) is 8.01. The van der Waals surface area contributed by atoms with E-state index in [0.717, 1.165) is 34.9 Å². The quantitative estimate of drug-likeness (QED) is 0.433. The van der Waals surface area contributed by atoms with Crippen LogP contribution in [0.25, 0.3) is 22.3 Å². The van der Waals surface area contributed by atoms with E-state index >= 15 is 0 Å². The molecule has 3 heterocycles. The molecule has 3 aromatic rings. The van der Waals surface area contributed by atoms with Crippen molar-refractivity contribution in [1.82, 2.24) is 24.3 Å². The van der Waals surface area contributed by atoms with Gasteiger partial charge in [-0.15, -0.1) is 0 Å². The number of hydrogen-bond acceptors (Lipinski definition) is 5. The molecular formula is C19H26N6OSi. The molecule has 0 aliphatic rings. The van der Waals surface area contributed by atoms with Crippen LogP contribution in [0.15, 0.2) is 31.0 Å². The number of nitrogens with zero attached hydrogens (tertiary/aromatic N) is 6. The van der Waals surface area contributed by atoms with Crippen LogP contribution in [0.5, 0.6) is 0 Å². The summed E-state index contributed by atoms with van der Waals surface area (Å²) in [6, 6.07) is 5.37. The summed E-state index contributed by atoms with van der Waals surface area (Å²) in [6.07, 6.45) is 7.71. The predicted molar refractivity (Wildman–Crippen MR) is 108 cm³/mol. The van der Waals surface area contributed by atoms with E-state index in [1.54, 1.807) is 12.5 Å². The van der Waals surface area contributed by atoms with Crippen LogP contribution < -0.4 is 0 Å². The molecule has 27 heavy (non-hydrogen) atoms. The predicted octanol–water partition coefficient (Wildman–Crippen LogP) is 4.08. The Morgan fingerprint density at radius 1 is 1.30 bits per heavy atom. The van der Waals surface area contributed by atoms with Crippen molar-refractivity contribution in [2.75, 3.05) is 6.61 Å². The Morgan fingerprint density at radius 2 is 2.11 bits per heavy atom. The zero-order chi connectivity index (χ0) is 19.4. The molecule has 0 saturated carbocycles. The van der Waals surface area contributed by atoms with Gasteiger partial charge in [-0.25, -0.2) is 9.97 Å². The number of aromatic nitrogens is 5. The van der Waals surface area contributed by atoms with Gasteiger partial charge in [-0.1, -0.05) is 19.6 Å². The maximum atomic E-state index is 8.87. The van der Waals surface area contributed by atoms with Crippen LogP contribution in [0.3, 0.4) is 0 Å². The van der Waals surface area contributed by atoms with Gasteiger partial charge in [0, 0.05) is 38.0 Å². The van der Waals surface area contributed by atoms with E-state index < -0.39 is 8.07 Å². The molecule has 0 bridgehead atoms. The van der Waals surface area contributed by atoms with Gasteiger partial charge >= 0.3 is 0 Å². The first-order valence-corrected chi connectivity index (χ1v) is 12.9. The summed E-state index contributed by atoms with van der Waals surface area (Å²) in [5, 5.41) is 14.2. The molecule has 142 valence electrons. The van der Waals surface area contributed by atoms with Crippen molar-refractivity contribution in [3.63, 3.8) is 0 Å². The molecule has 1 unspecified atom stereocenters. The Kier molecular flexibility index (Phi) is 5.73. The smallest absolute Gasteiger partial charge is 0.145 e. The molecule has 0 amide bonds. The van der Waals surface area contributed by atoms with Crippen LogP contribution in [0.4, 0.5) is 0 Å². The average molecular weight is 383 g/mol. The maximum absolute atomic E-state index is 8.87. The zero-order valence-corrected chi connectivity index (χ0v) is 17.4. The van der Waals surface area contributed by atoms with Crippen molar-refractivity contribution < 1.29 is 4.74 Å². The standard InChI is InChI=1S/C19H26N6OSi/c1-15(5-7-20)25-12-16(11-23-25)18-17-6-8-24(19(17)22-13-21-18)14-26-9-10-27(2,3)4/h6,8,11-13,15H,5,9-10,14H2,1-4H3. The van der Waals surface area contributed by atoms with E-state index in [0.29, 0.717) is 13.2 Å². The highest BCUT2D eigenvalue weighted by Gasteiger charge is 2.15. The minimum absolute atomic E-state index is 0.0328. The molecule has 8 heteroatoms. The number of ether oxygens (including phenoxy) is 1. The lowest BCUT2D eigenvalue weighted by Gasteiger charge is -2.15. The Hall–Kier alpha value is -2.50. The molecule has 1 atom stereocenters. The Balaban J connectivity index is 1.79. The third-order valence-electron chi connectivity index (χ3n) is 4.50. The van der Waals surface area contributed by atoms with Gasteiger partial charge in [0.25, 0.3) is 0 Å². The van der Waals surface area contributed by atoms with Crippen LogP contribution in [0.2, 0.25) is 25.7 Å². The summed E-state index contributed by atoms with van der Waals surface area (Å²) in [5.41, 5.74) is 2.62. The molecule has 0 saturated heterocycles. The molecule has 0 fully saturated rings. The average Bonchev–Trinajstić information content (AvgIpc) is 3.25. The van der Waals surface area contributed by atoms with Crippen molar-refractivity contribution in [3.8, 4) is 17.3 Å². The van der Waals surface area contributed by atoms with Crippen LogP contribution >= 0.6 is 0 Å². The van der Waals surface area contributed by atoms with E-state index in [1.807, 2.05) is 34.6 Å². The topological polar surface area (TPSA) is 81.5 Å². The first-order valence-electron chi connectivity index (χ1n) is 9.18. The van der Waals surface area contributed by atoms with Crippen LogP contribution in [-0.4, -0.2) is 39.0 Å².